The van der Waals surface area contributed by atoms with Crippen LogP contribution in [0.25, 0.3) is 0 Å². The first-order chi connectivity index (χ1) is 42.3. The van der Waals surface area contributed by atoms with Gasteiger partial charge >= 0.3 is 242 Å². The summed E-state index contributed by atoms with van der Waals surface area (Å²) in [6.45, 7) is 42.8. The van der Waals surface area contributed by atoms with Gasteiger partial charge in [0.05, 0.1) is 0 Å². The minimum atomic E-state index is -1.81. The van der Waals surface area contributed by atoms with Gasteiger partial charge in [-0.3, -0.25) is 0 Å². The molecule has 6 nitrogen and oxygen atoms in total. The summed E-state index contributed by atoms with van der Waals surface area (Å²) in [5.41, 5.74) is 27.6. The molecule has 0 radical (unpaired) electrons. The Bertz CT molecular complexity index is 3420. The maximum absolute atomic E-state index is 5.97. The van der Waals surface area contributed by atoms with Gasteiger partial charge in [-0.2, -0.15) is 13.3 Å². The van der Waals surface area contributed by atoms with Gasteiger partial charge in [0.25, 0.3) is 0 Å². The summed E-state index contributed by atoms with van der Waals surface area (Å²) >= 11 is -3.62. The van der Waals surface area contributed by atoms with Crippen molar-refractivity contribution in [3.05, 3.63) is 249 Å². The Balaban J connectivity index is 0.000000173. The maximum Gasteiger partial charge on any atom is 0.0157 e. The zero-order chi connectivity index (χ0) is 64.8. The first kappa shape index (κ1) is 71.2. The molecule has 0 spiro atoms. The van der Waals surface area contributed by atoms with E-state index < -0.39 is 27.0 Å². The van der Waals surface area contributed by atoms with E-state index in [1.54, 1.807) is 0 Å². The van der Waals surface area contributed by atoms with E-state index in [1.165, 1.54) is 83.9 Å². The standard InChI is InChI=1S/C28H41N2.C21H27N2.2C14H13N.4ClH.2Ru/c1-18(2)23-11-10-12-24(19(3)4)27(23)29-13-14-30(17-29)28-25(20(5)6)15-22(9)16-26(28)21(7)8;1-14-9-16(3)20(17(4)10-14)22-7-8-23(13-22)21-18(5)11-15(2)12-19(21)6;2*1-12-8-6-7-11-14(12)15(2)13-9-4-3-5-10-13;;;;;;/h10-12,15-21H,13-14H2,1-9H3;9-13H,7-8H2,1-6H3;2*1,3-11H,2H3;4*1H;;/q2*-1;;;;;;;2*+2/p-4. The third-order valence-electron chi connectivity index (χ3n) is 16.3. The summed E-state index contributed by atoms with van der Waals surface area (Å²) in [5, 5.41) is 0. The molecule has 2 heterocycles. The summed E-state index contributed by atoms with van der Waals surface area (Å²) in [7, 11) is 28.0. The first-order valence-electron chi connectivity index (χ1n) is 31.0. The molecule has 8 aromatic carbocycles. The monoisotopic (exact) mass is 1450 g/mol. The normalized spacial score (nSPS) is 13.2. The van der Waals surface area contributed by atoms with E-state index in [1.807, 2.05) is 96.1 Å². The summed E-state index contributed by atoms with van der Waals surface area (Å²) in [6.07, 6.45) is 0. The van der Waals surface area contributed by atoms with E-state index in [-0.39, 0.29) is 0 Å². The van der Waals surface area contributed by atoms with Gasteiger partial charge in [0.2, 0.25) is 0 Å². The topological polar surface area (TPSA) is 19.4 Å². The number of hydrogen-bond donors (Lipinski definition) is 0. The van der Waals surface area contributed by atoms with Crippen molar-refractivity contribution in [3.63, 3.8) is 0 Å². The molecule has 2 aliphatic rings. The summed E-state index contributed by atoms with van der Waals surface area (Å²) in [5.74, 6) is 2.04. The second-order valence-electron chi connectivity index (χ2n) is 24.7. The molecule has 0 N–H and O–H groups in total. The van der Waals surface area contributed by atoms with Gasteiger partial charge in [-0.05, 0) is 117 Å². The van der Waals surface area contributed by atoms with Crippen molar-refractivity contribution in [1.82, 2.24) is 0 Å². The predicted molar refractivity (Wildman–Crippen MR) is 389 cm³/mol. The number of nitrogens with zero attached hydrogens (tertiary/aromatic N) is 6. The van der Waals surface area contributed by atoms with Gasteiger partial charge in [0.1, 0.15) is 0 Å². The fourth-order valence-electron chi connectivity index (χ4n) is 12.3. The van der Waals surface area contributed by atoms with Crippen LogP contribution in [0.5, 0.6) is 0 Å². The molecular weight excluding hydrogens is 1350 g/mol. The second-order valence-corrected chi connectivity index (χ2v) is 36.2. The fraction of sp³-hybridized carbons (Fsp3) is 0.325. The summed E-state index contributed by atoms with van der Waals surface area (Å²) in [4.78, 5) is 14.1. The Morgan fingerprint density at radius 2 is 0.640 bits per heavy atom. The van der Waals surface area contributed by atoms with Crippen LogP contribution in [-0.4, -0.2) is 49.5 Å². The zero-order valence-electron chi connectivity index (χ0n) is 55.4. The van der Waals surface area contributed by atoms with Gasteiger partial charge in [-0.1, -0.05) is 127 Å². The number of para-hydroxylation sites is 5. The zero-order valence-corrected chi connectivity index (χ0v) is 61.9. The molecule has 478 valence electrons. The van der Waals surface area contributed by atoms with Crippen LogP contribution < -0.4 is 29.4 Å². The van der Waals surface area contributed by atoms with Crippen LogP contribution in [-0.2, 0) is 27.0 Å². The Morgan fingerprint density at radius 1 is 0.360 bits per heavy atom. The maximum atomic E-state index is 5.97. The van der Waals surface area contributed by atoms with Crippen molar-refractivity contribution < 1.29 is 27.0 Å². The molecular formula is C77H94Cl4N6Ru2-2. The predicted octanol–water partition coefficient (Wildman–Crippen LogP) is 22.0. The molecule has 2 aliphatic heterocycles. The molecule has 0 aliphatic carbocycles. The van der Waals surface area contributed by atoms with Crippen LogP contribution in [0.15, 0.2) is 164 Å². The van der Waals surface area contributed by atoms with E-state index in [4.69, 9.17) is 38.8 Å². The molecule has 2 saturated heterocycles. The molecule has 0 aromatic heterocycles. The second kappa shape index (κ2) is 33.3. The van der Waals surface area contributed by atoms with Gasteiger partial charge in [-0.15, -0.1) is 0 Å². The van der Waals surface area contributed by atoms with Crippen molar-refractivity contribution in [2.45, 2.75) is 128 Å². The molecule has 0 atom stereocenters. The van der Waals surface area contributed by atoms with E-state index in [2.05, 4.69) is 238 Å². The molecule has 10 rings (SSSR count). The van der Waals surface area contributed by atoms with Crippen molar-refractivity contribution in [3.8, 4) is 0 Å². The number of rotatable bonds is 14. The van der Waals surface area contributed by atoms with E-state index in [0.29, 0.717) is 23.7 Å². The minimum Gasteiger partial charge on any atom is -0.502 e. The smallest absolute Gasteiger partial charge is 0.0157 e. The molecule has 12 heteroatoms. The minimum absolute atomic E-state index is 0.508. The van der Waals surface area contributed by atoms with Crippen LogP contribution in [0.1, 0.15) is 151 Å². The number of hydrogen-bond acceptors (Lipinski definition) is 6. The SMILES string of the molecule is CN(c1ccccc1)c1ccccc1[CH]=[Ru]([Cl])[Cl].CN(c1ccccc1)c1ccccc1[CH]=[Ru]([Cl])[Cl].Cc1cc(C(C)C)c(N2[CH-]N(c3c(C(C)C)cccc3C(C)C)CC2)c(C(C)C)c1.Cc1cc(C)c(N2[CH-]N(c3c(C)cc(C)cc3C)CC2)c(C)c1. The molecule has 2 fully saturated rings. The number of anilines is 8. The molecule has 0 bridgehead atoms. The van der Waals surface area contributed by atoms with Gasteiger partial charge in [-0.25, -0.2) is 0 Å². The average Bonchev–Trinajstić information content (AvgIpc) is 2.15. The molecule has 0 amide bonds. The fourth-order valence-corrected chi connectivity index (χ4v) is 16.0. The Hall–Kier alpha value is -5.29. The van der Waals surface area contributed by atoms with Gasteiger partial charge < -0.3 is 19.6 Å². The largest absolute Gasteiger partial charge is 0.502 e. The van der Waals surface area contributed by atoms with E-state index in [0.717, 1.165) is 60.1 Å². The van der Waals surface area contributed by atoms with Crippen molar-refractivity contribution in [1.29, 1.82) is 0 Å². The molecule has 8 aromatic rings. The third-order valence-corrected chi connectivity index (χ3v) is 20.0. The van der Waals surface area contributed by atoms with E-state index >= 15 is 0 Å². The summed E-state index contributed by atoms with van der Waals surface area (Å²) < 4.78 is 3.95. The van der Waals surface area contributed by atoms with Crippen LogP contribution in [0, 0.1) is 61.8 Å². The number of halogens is 4. The quantitative estimate of drug-likeness (QED) is 0.0793. The molecule has 0 saturated carbocycles. The van der Waals surface area contributed by atoms with Crippen molar-refractivity contribution in [2.75, 3.05) is 69.7 Å². The van der Waals surface area contributed by atoms with Crippen LogP contribution >= 0.6 is 38.8 Å². The Labute approximate surface area is 562 Å². The molecule has 0 unspecified atom stereocenters. The van der Waals surface area contributed by atoms with Gasteiger partial charge in [0.15, 0.2) is 0 Å². The first-order valence-corrected chi connectivity index (χ1v) is 41.9. The van der Waals surface area contributed by atoms with Crippen LogP contribution in [0.2, 0.25) is 0 Å². The third kappa shape index (κ3) is 18.9. The number of aryl methyl sites for hydroxylation is 7. The van der Waals surface area contributed by atoms with Gasteiger partial charge in [0, 0.05) is 48.9 Å². The van der Waals surface area contributed by atoms with Crippen LogP contribution in [0.4, 0.5) is 45.5 Å². The van der Waals surface area contributed by atoms with Crippen molar-refractivity contribution in [2.24, 2.45) is 0 Å². The van der Waals surface area contributed by atoms with Crippen molar-refractivity contribution >= 4 is 93.5 Å². The number of benzene rings is 8. The summed E-state index contributed by atoms with van der Waals surface area (Å²) in [6, 6.07) is 57.5. The van der Waals surface area contributed by atoms with E-state index in [9.17, 15) is 0 Å². The average molecular weight is 1450 g/mol. The Kier molecular flexibility index (Phi) is 26.6. The van der Waals surface area contributed by atoms with Crippen LogP contribution in [0.3, 0.4) is 0 Å². The Morgan fingerprint density at radius 3 is 0.955 bits per heavy atom. The molecule has 89 heavy (non-hydrogen) atoms.